The Kier molecular flexibility index (Phi) is 3.02. The second kappa shape index (κ2) is 4.63. The standard InChI is InChI=1S/C14H15FN4O2/c1-14(2,21)7-19-6-8(3-18-19)12-11-9(4-17-13(11)20)10(15)5-16-12/h3,5-6,21H,4,7H2,1-2H3,(H,17,20). The number of carbonyl (C=O) groups excluding carboxylic acids is 1. The van der Waals surface area contributed by atoms with Crippen molar-refractivity contribution >= 4 is 5.91 Å². The van der Waals surface area contributed by atoms with Crippen molar-refractivity contribution in [2.75, 3.05) is 0 Å². The molecule has 3 rings (SSSR count). The topological polar surface area (TPSA) is 80.0 Å². The third-order valence-corrected chi connectivity index (χ3v) is 3.24. The smallest absolute Gasteiger partial charge is 0.254 e. The van der Waals surface area contributed by atoms with Crippen molar-refractivity contribution < 1.29 is 14.3 Å². The lowest BCUT2D eigenvalue weighted by Crippen LogP contribution is -2.26. The highest BCUT2D eigenvalue weighted by molar-refractivity contribution is 6.03. The summed E-state index contributed by atoms with van der Waals surface area (Å²) in [4.78, 5) is 15.9. The molecule has 0 bridgehead atoms. The SMILES string of the molecule is CC(C)(O)Cn1cc(-c2ncc(F)c3c2C(=O)NC3)cn1. The minimum Gasteiger partial charge on any atom is -0.389 e. The molecule has 0 radical (unpaired) electrons. The van der Waals surface area contributed by atoms with Crippen LogP contribution in [0.4, 0.5) is 4.39 Å². The summed E-state index contributed by atoms with van der Waals surface area (Å²) in [5, 5.41) is 16.5. The summed E-state index contributed by atoms with van der Waals surface area (Å²) >= 11 is 0. The zero-order valence-corrected chi connectivity index (χ0v) is 11.7. The maximum absolute atomic E-state index is 13.7. The van der Waals surface area contributed by atoms with E-state index in [-0.39, 0.29) is 18.0 Å². The van der Waals surface area contributed by atoms with Crippen molar-refractivity contribution in [2.24, 2.45) is 0 Å². The third kappa shape index (κ3) is 2.52. The molecule has 0 aliphatic carbocycles. The molecule has 21 heavy (non-hydrogen) atoms. The van der Waals surface area contributed by atoms with Crippen LogP contribution in [-0.4, -0.2) is 31.4 Å². The molecule has 0 saturated heterocycles. The van der Waals surface area contributed by atoms with E-state index in [4.69, 9.17) is 0 Å². The lowest BCUT2D eigenvalue weighted by Gasteiger charge is -2.16. The second-order valence-corrected chi connectivity index (χ2v) is 5.73. The highest BCUT2D eigenvalue weighted by atomic mass is 19.1. The fraction of sp³-hybridized carbons (Fsp3) is 0.357. The number of hydrogen-bond acceptors (Lipinski definition) is 4. The summed E-state index contributed by atoms with van der Waals surface area (Å²) in [5.41, 5.74) is 0.716. The zero-order chi connectivity index (χ0) is 15.2. The van der Waals surface area contributed by atoms with Crippen LogP contribution in [0.2, 0.25) is 0 Å². The predicted octanol–water partition coefficient (Wildman–Crippen LogP) is 1.10. The van der Waals surface area contributed by atoms with Gasteiger partial charge in [-0.25, -0.2) is 4.39 Å². The van der Waals surface area contributed by atoms with Crippen LogP contribution in [0, 0.1) is 5.82 Å². The number of rotatable bonds is 3. The van der Waals surface area contributed by atoms with E-state index in [0.717, 1.165) is 6.20 Å². The Balaban J connectivity index is 2.03. The molecule has 1 aliphatic heterocycles. The van der Waals surface area contributed by atoms with Gasteiger partial charge >= 0.3 is 0 Å². The number of nitrogens with zero attached hydrogens (tertiary/aromatic N) is 3. The minimum absolute atomic E-state index is 0.174. The molecule has 0 atom stereocenters. The summed E-state index contributed by atoms with van der Waals surface area (Å²) in [6.07, 6.45) is 4.35. The quantitative estimate of drug-likeness (QED) is 0.887. The predicted molar refractivity (Wildman–Crippen MR) is 72.9 cm³/mol. The van der Waals surface area contributed by atoms with Crippen molar-refractivity contribution in [3.05, 3.63) is 35.5 Å². The summed E-state index contributed by atoms with van der Waals surface area (Å²) in [6.45, 7) is 3.83. The Hall–Kier alpha value is -2.28. The summed E-state index contributed by atoms with van der Waals surface area (Å²) in [7, 11) is 0. The monoisotopic (exact) mass is 290 g/mol. The van der Waals surface area contributed by atoms with E-state index in [1.165, 1.54) is 0 Å². The zero-order valence-electron chi connectivity index (χ0n) is 11.7. The molecule has 3 heterocycles. The van der Waals surface area contributed by atoms with E-state index >= 15 is 0 Å². The number of aliphatic hydroxyl groups is 1. The Labute approximate surface area is 120 Å². The largest absolute Gasteiger partial charge is 0.389 e. The summed E-state index contributed by atoms with van der Waals surface area (Å²) in [6, 6.07) is 0. The normalized spacial score (nSPS) is 14.2. The van der Waals surface area contributed by atoms with Crippen molar-refractivity contribution in [1.29, 1.82) is 0 Å². The average molecular weight is 290 g/mol. The van der Waals surface area contributed by atoms with Gasteiger partial charge < -0.3 is 10.4 Å². The molecule has 1 aliphatic rings. The van der Waals surface area contributed by atoms with E-state index in [1.54, 1.807) is 30.9 Å². The van der Waals surface area contributed by atoms with Crippen molar-refractivity contribution in [3.63, 3.8) is 0 Å². The first-order valence-electron chi connectivity index (χ1n) is 6.56. The van der Waals surface area contributed by atoms with Crippen LogP contribution in [-0.2, 0) is 13.1 Å². The molecule has 1 amide bonds. The molecule has 0 aromatic carbocycles. The first-order chi connectivity index (χ1) is 9.85. The van der Waals surface area contributed by atoms with Crippen LogP contribution < -0.4 is 5.32 Å². The number of hydrogen-bond donors (Lipinski definition) is 2. The molecule has 2 aromatic rings. The van der Waals surface area contributed by atoms with Crippen LogP contribution in [0.25, 0.3) is 11.3 Å². The molecule has 0 fully saturated rings. The molecule has 2 N–H and O–H groups in total. The van der Waals surface area contributed by atoms with Gasteiger partial charge in [-0.1, -0.05) is 0 Å². The molecule has 0 saturated carbocycles. The van der Waals surface area contributed by atoms with E-state index in [0.29, 0.717) is 23.4 Å². The van der Waals surface area contributed by atoms with Gasteiger partial charge in [0.2, 0.25) is 0 Å². The molecule has 7 heteroatoms. The number of halogens is 1. The van der Waals surface area contributed by atoms with Crippen LogP contribution in [0.1, 0.15) is 29.8 Å². The van der Waals surface area contributed by atoms with Gasteiger partial charge in [0.15, 0.2) is 0 Å². The Morgan fingerprint density at radius 2 is 2.24 bits per heavy atom. The highest BCUT2D eigenvalue weighted by Gasteiger charge is 2.28. The average Bonchev–Trinajstić information content (AvgIpc) is 2.97. The van der Waals surface area contributed by atoms with Gasteiger partial charge in [0.05, 0.1) is 35.8 Å². The van der Waals surface area contributed by atoms with Gasteiger partial charge in [-0.2, -0.15) is 5.10 Å². The van der Waals surface area contributed by atoms with Gasteiger partial charge in [0.25, 0.3) is 5.91 Å². The first kappa shape index (κ1) is 13.7. The molecule has 2 aromatic heterocycles. The number of aromatic nitrogens is 3. The Morgan fingerprint density at radius 3 is 2.95 bits per heavy atom. The fourth-order valence-electron chi connectivity index (χ4n) is 2.39. The number of amides is 1. The van der Waals surface area contributed by atoms with Crippen molar-refractivity contribution in [2.45, 2.75) is 32.5 Å². The van der Waals surface area contributed by atoms with Crippen LogP contribution in [0.15, 0.2) is 18.6 Å². The van der Waals surface area contributed by atoms with Gasteiger partial charge in [0, 0.05) is 23.9 Å². The number of nitrogens with one attached hydrogen (secondary N) is 1. The van der Waals surface area contributed by atoms with Crippen LogP contribution >= 0.6 is 0 Å². The molecular formula is C14H15FN4O2. The second-order valence-electron chi connectivity index (χ2n) is 5.73. The molecule has 6 nitrogen and oxygen atoms in total. The summed E-state index contributed by atoms with van der Waals surface area (Å²) in [5.74, 6) is -0.821. The van der Waals surface area contributed by atoms with E-state index in [1.807, 2.05) is 0 Å². The summed E-state index contributed by atoms with van der Waals surface area (Å²) < 4.78 is 15.2. The molecule has 0 spiro atoms. The molecule has 0 unspecified atom stereocenters. The Morgan fingerprint density at radius 1 is 1.48 bits per heavy atom. The van der Waals surface area contributed by atoms with Crippen LogP contribution in [0.5, 0.6) is 0 Å². The van der Waals surface area contributed by atoms with Gasteiger partial charge in [-0.3, -0.25) is 14.5 Å². The van der Waals surface area contributed by atoms with E-state index in [9.17, 15) is 14.3 Å². The van der Waals surface area contributed by atoms with Gasteiger partial charge in [0.1, 0.15) is 5.82 Å². The van der Waals surface area contributed by atoms with E-state index < -0.39 is 11.4 Å². The minimum atomic E-state index is -0.904. The van der Waals surface area contributed by atoms with Crippen molar-refractivity contribution in [3.8, 4) is 11.3 Å². The van der Waals surface area contributed by atoms with E-state index in [2.05, 4.69) is 15.4 Å². The van der Waals surface area contributed by atoms with Crippen LogP contribution in [0.3, 0.4) is 0 Å². The van der Waals surface area contributed by atoms with Crippen molar-refractivity contribution in [1.82, 2.24) is 20.1 Å². The number of fused-ring (bicyclic) bond motifs is 1. The van der Waals surface area contributed by atoms with Gasteiger partial charge in [-0.15, -0.1) is 0 Å². The maximum atomic E-state index is 13.7. The Bertz CT molecular complexity index is 718. The number of carbonyl (C=O) groups is 1. The first-order valence-corrected chi connectivity index (χ1v) is 6.56. The number of pyridine rings is 1. The molecule has 110 valence electrons. The maximum Gasteiger partial charge on any atom is 0.254 e. The lowest BCUT2D eigenvalue weighted by atomic mass is 10.0. The lowest BCUT2D eigenvalue weighted by molar-refractivity contribution is 0.0577. The highest BCUT2D eigenvalue weighted by Crippen LogP contribution is 2.28. The molecular weight excluding hydrogens is 275 g/mol. The fourth-order valence-corrected chi connectivity index (χ4v) is 2.39. The third-order valence-electron chi connectivity index (χ3n) is 3.24. The van der Waals surface area contributed by atoms with Gasteiger partial charge in [-0.05, 0) is 13.8 Å².